The Hall–Kier alpha value is -0.160. The van der Waals surface area contributed by atoms with Crippen LogP contribution in [0.3, 0.4) is 0 Å². The standard InChI is InChI=1S/C9H20N2O2/c1-2-13-7-9(12,6-11)8(5-10)3-4-8/h12H,2-7,10-11H2,1H3. The predicted octanol–water partition coefficient (Wildman–Crippen LogP) is -0.548. The molecule has 0 aromatic carbocycles. The van der Waals surface area contributed by atoms with E-state index in [4.69, 9.17) is 16.2 Å². The van der Waals surface area contributed by atoms with Crippen molar-refractivity contribution in [2.75, 3.05) is 26.3 Å². The quantitative estimate of drug-likeness (QED) is 0.522. The molecule has 4 heteroatoms. The Balaban J connectivity index is 2.57. The molecule has 0 aliphatic heterocycles. The van der Waals surface area contributed by atoms with Crippen LogP contribution in [0.1, 0.15) is 19.8 Å². The van der Waals surface area contributed by atoms with Crippen LogP contribution >= 0.6 is 0 Å². The highest BCUT2D eigenvalue weighted by atomic mass is 16.5. The molecule has 0 radical (unpaired) electrons. The van der Waals surface area contributed by atoms with Crippen molar-refractivity contribution < 1.29 is 9.84 Å². The highest BCUT2D eigenvalue weighted by Crippen LogP contribution is 2.53. The molecule has 13 heavy (non-hydrogen) atoms. The molecular formula is C9H20N2O2. The van der Waals surface area contributed by atoms with Crippen molar-refractivity contribution in [2.45, 2.75) is 25.4 Å². The summed E-state index contributed by atoms with van der Waals surface area (Å²) in [5.74, 6) is 0. The van der Waals surface area contributed by atoms with E-state index in [1.165, 1.54) is 0 Å². The zero-order valence-electron chi connectivity index (χ0n) is 8.25. The number of hydrogen-bond donors (Lipinski definition) is 3. The summed E-state index contributed by atoms with van der Waals surface area (Å²) in [6, 6.07) is 0. The van der Waals surface area contributed by atoms with Gasteiger partial charge in [0.2, 0.25) is 0 Å². The lowest BCUT2D eigenvalue weighted by Crippen LogP contribution is -2.53. The summed E-state index contributed by atoms with van der Waals surface area (Å²) in [6.07, 6.45) is 1.93. The summed E-state index contributed by atoms with van der Waals surface area (Å²) >= 11 is 0. The number of nitrogens with two attached hydrogens (primary N) is 2. The second-order valence-electron chi connectivity index (χ2n) is 3.86. The third kappa shape index (κ3) is 1.86. The molecule has 78 valence electrons. The van der Waals surface area contributed by atoms with E-state index in [1.54, 1.807) is 0 Å². The van der Waals surface area contributed by atoms with Crippen LogP contribution in [-0.4, -0.2) is 37.0 Å². The Kier molecular flexibility index (Phi) is 3.29. The molecule has 1 aliphatic rings. The van der Waals surface area contributed by atoms with Crippen LogP contribution in [0.25, 0.3) is 0 Å². The van der Waals surface area contributed by atoms with E-state index in [-0.39, 0.29) is 12.0 Å². The summed E-state index contributed by atoms with van der Waals surface area (Å²) < 4.78 is 5.23. The molecule has 0 amide bonds. The molecule has 1 rings (SSSR count). The smallest absolute Gasteiger partial charge is 0.107 e. The molecule has 0 heterocycles. The molecule has 0 aromatic rings. The first-order valence-corrected chi connectivity index (χ1v) is 4.84. The topological polar surface area (TPSA) is 81.5 Å². The molecule has 5 N–H and O–H groups in total. The maximum Gasteiger partial charge on any atom is 0.107 e. The van der Waals surface area contributed by atoms with Crippen molar-refractivity contribution in [1.29, 1.82) is 0 Å². The van der Waals surface area contributed by atoms with Gasteiger partial charge in [0.05, 0.1) is 6.61 Å². The predicted molar refractivity (Wildman–Crippen MR) is 51.2 cm³/mol. The van der Waals surface area contributed by atoms with E-state index in [0.717, 1.165) is 12.8 Å². The van der Waals surface area contributed by atoms with E-state index in [0.29, 0.717) is 19.8 Å². The fourth-order valence-corrected chi connectivity index (χ4v) is 1.71. The normalized spacial score (nSPS) is 24.0. The van der Waals surface area contributed by atoms with Crippen LogP contribution in [0.5, 0.6) is 0 Å². The van der Waals surface area contributed by atoms with Crippen LogP contribution in [0.4, 0.5) is 0 Å². The molecule has 0 bridgehead atoms. The first-order valence-electron chi connectivity index (χ1n) is 4.84. The highest BCUT2D eigenvalue weighted by Gasteiger charge is 2.57. The molecule has 1 saturated carbocycles. The fourth-order valence-electron chi connectivity index (χ4n) is 1.71. The van der Waals surface area contributed by atoms with Gasteiger partial charge in [-0.25, -0.2) is 0 Å². The second-order valence-corrected chi connectivity index (χ2v) is 3.86. The molecule has 1 fully saturated rings. The van der Waals surface area contributed by atoms with Gasteiger partial charge in [-0.3, -0.25) is 0 Å². The molecule has 4 nitrogen and oxygen atoms in total. The minimum Gasteiger partial charge on any atom is -0.386 e. The molecule has 1 atom stereocenters. The lowest BCUT2D eigenvalue weighted by Gasteiger charge is -2.34. The summed E-state index contributed by atoms with van der Waals surface area (Å²) in [4.78, 5) is 0. The van der Waals surface area contributed by atoms with Gasteiger partial charge in [0, 0.05) is 25.1 Å². The average molecular weight is 188 g/mol. The van der Waals surface area contributed by atoms with Crippen molar-refractivity contribution in [3.8, 4) is 0 Å². The number of aliphatic hydroxyl groups is 1. The molecule has 1 aliphatic carbocycles. The van der Waals surface area contributed by atoms with Gasteiger partial charge in [-0.2, -0.15) is 0 Å². The van der Waals surface area contributed by atoms with Crippen LogP contribution < -0.4 is 11.5 Å². The van der Waals surface area contributed by atoms with Crippen LogP contribution in [0, 0.1) is 5.41 Å². The van der Waals surface area contributed by atoms with Crippen LogP contribution in [0.15, 0.2) is 0 Å². The third-order valence-electron chi connectivity index (χ3n) is 3.11. The Morgan fingerprint density at radius 1 is 1.46 bits per heavy atom. The van der Waals surface area contributed by atoms with Gasteiger partial charge in [0.1, 0.15) is 5.60 Å². The largest absolute Gasteiger partial charge is 0.386 e. The fraction of sp³-hybridized carbons (Fsp3) is 1.00. The lowest BCUT2D eigenvalue weighted by molar-refractivity contribution is -0.0843. The Bertz CT molecular complexity index is 171. The Labute approximate surface area is 79.2 Å². The zero-order chi connectivity index (χ0) is 9.95. The second kappa shape index (κ2) is 3.92. The number of hydrogen-bond acceptors (Lipinski definition) is 4. The maximum atomic E-state index is 10.2. The van der Waals surface area contributed by atoms with Crippen molar-refractivity contribution in [3.63, 3.8) is 0 Å². The Morgan fingerprint density at radius 2 is 2.08 bits per heavy atom. The Morgan fingerprint density at radius 3 is 2.38 bits per heavy atom. The van der Waals surface area contributed by atoms with Crippen LogP contribution in [-0.2, 0) is 4.74 Å². The summed E-state index contributed by atoms with van der Waals surface area (Å²) in [5, 5.41) is 10.2. The number of rotatable bonds is 6. The third-order valence-corrected chi connectivity index (χ3v) is 3.11. The van der Waals surface area contributed by atoms with E-state index < -0.39 is 5.60 Å². The lowest BCUT2D eigenvalue weighted by atomic mass is 9.84. The van der Waals surface area contributed by atoms with Gasteiger partial charge in [-0.15, -0.1) is 0 Å². The minimum absolute atomic E-state index is 0.170. The number of ether oxygens (including phenoxy) is 1. The zero-order valence-corrected chi connectivity index (χ0v) is 8.25. The SMILES string of the molecule is CCOCC(O)(CN)C1(CN)CC1. The van der Waals surface area contributed by atoms with Gasteiger partial charge < -0.3 is 21.3 Å². The molecule has 1 unspecified atom stereocenters. The van der Waals surface area contributed by atoms with Crippen molar-refractivity contribution in [3.05, 3.63) is 0 Å². The molecular weight excluding hydrogens is 168 g/mol. The van der Waals surface area contributed by atoms with Crippen molar-refractivity contribution in [2.24, 2.45) is 16.9 Å². The van der Waals surface area contributed by atoms with E-state index in [9.17, 15) is 5.11 Å². The van der Waals surface area contributed by atoms with E-state index in [2.05, 4.69) is 0 Å². The van der Waals surface area contributed by atoms with Gasteiger partial charge in [0.15, 0.2) is 0 Å². The van der Waals surface area contributed by atoms with Gasteiger partial charge >= 0.3 is 0 Å². The minimum atomic E-state index is -0.919. The average Bonchev–Trinajstić information content (AvgIpc) is 2.95. The van der Waals surface area contributed by atoms with Gasteiger partial charge in [0.25, 0.3) is 0 Å². The maximum absolute atomic E-state index is 10.2. The van der Waals surface area contributed by atoms with E-state index >= 15 is 0 Å². The van der Waals surface area contributed by atoms with Crippen molar-refractivity contribution >= 4 is 0 Å². The first-order chi connectivity index (χ1) is 6.14. The first kappa shape index (κ1) is 10.9. The van der Waals surface area contributed by atoms with Gasteiger partial charge in [-0.05, 0) is 19.8 Å². The summed E-state index contributed by atoms with van der Waals surface area (Å²) in [7, 11) is 0. The highest BCUT2D eigenvalue weighted by molar-refractivity contribution is 5.09. The summed E-state index contributed by atoms with van der Waals surface area (Å²) in [5.41, 5.74) is 10.1. The van der Waals surface area contributed by atoms with Gasteiger partial charge in [-0.1, -0.05) is 0 Å². The molecule has 0 aromatic heterocycles. The van der Waals surface area contributed by atoms with Crippen LogP contribution in [0.2, 0.25) is 0 Å². The van der Waals surface area contributed by atoms with Crippen molar-refractivity contribution in [1.82, 2.24) is 0 Å². The molecule has 0 spiro atoms. The summed E-state index contributed by atoms with van der Waals surface area (Å²) in [6.45, 7) is 3.52. The van der Waals surface area contributed by atoms with E-state index in [1.807, 2.05) is 6.92 Å². The monoisotopic (exact) mass is 188 g/mol. The molecule has 0 saturated heterocycles.